The first-order valence-electron chi connectivity index (χ1n) is 7.27. The van der Waals surface area contributed by atoms with Crippen molar-refractivity contribution in [2.24, 2.45) is 0 Å². The van der Waals surface area contributed by atoms with Gasteiger partial charge in [-0.2, -0.15) is 0 Å². The molecule has 0 aromatic heterocycles. The summed E-state index contributed by atoms with van der Waals surface area (Å²) in [5, 5.41) is 75.0. The Kier molecular flexibility index (Phi) is 28.8. The molecule has 0 aromatic rings. The van der Waals surface area contributed by atoms with Crippen molar-refractivity contribution in [3.63, 3.8) is 0 Å². The number of rotatable bonds is 10. The summed E-state index contributed by atoms with van der Waals surface area (Å²) in [6.45, 7) is 1.08. The van der Waals surface area contributed by atoms with Gasteiger partial charge in [0.25, 0.3) is 5.97 Å². The molecule has 0 fully saturated rings. The van der Waals surface area contributed by atoms with Gasteiger partial charge in [-0.15, -0.1) is 0 Å². The van der Waals surface area contributed by atoms with Gasteiger partial charge < -0.3 is 54.5 Å². The van der Waals surface area contributed by atoms with Gasteiger partial charge in [-0.3, -0.25) is 24.0 Å². The minimum atomic E-state index is -2.74. The maximum absolute atomic E-state index is 10.3. The molecule has 0 radical (unpaired) electrons. The maximum Gasteiger partial charge on any atom is 2.00 e. The Bertz CT molecular complexity index is 628. The van der Waals surface area contributed by atoms with Crippen molar-refractivity contribution in [1.82, 2.24) is 0 Å². The summed E-state index contributed by atoms with van der Waals surface area (Å²) in [6.07, 6.45) is -4.58. The van der Waals surface area contributed by atoms with Crippen LogP contribution in [-0.2, 0) is 33.6 Å². The van der Waals surface area contributed by atoms with Gasteiger partial charge in [0.15, 0.2) is 11.2 Å². The van der Waals surface area contributed by atoms with E-state index < -0.39 is 78.7 Å². The van der Waals surface area contributed by atoms with Crippen molar-refractivity contribution in [2.75, 3.05) is 0 Å². The summed E-state index contributed by atoms with van der Waals surface area (Å²) in [4.78, 5) is 70.0. The molecule has 0 unspecified atom stereocenters. The predicted octanol–water partition coefficient (Wildman–Crippen LogP) is -2.87. The second-order valence-corrected chi connectivity index (χ2v) is 5.47. The zero-order chi connectivity index (χ0) is 24.9. The van der Waals surface area contributed by atoms with Crippen LogP contribution in [0.1, 0.15) is 41.2 Å². The Labute approximate surface area is 241 Å². The fourth-order valence-electron chi connectivity index (χ4n) is 1.43. The maximum atomic E-state index is 10.3. The van der Waals surface area contributed by atoms with Crippen molar-refractivity contribution in [2.45, 2.75) is 43.8 Å². The first kappa shape index (κ1) is 45.1. The van der Waals surface area contributed by atoms with E-state index in [1.807, 2.05) is 0 Å². The van der Waals surface area contributed by atoms with Crippen molar-refractivity contribution < 1.29 is 88.1 Å². The van der Waals surface area contributed by atoms with Gasteiger partial charge in [0.1, 0.15) is 0 Å². The second-order valence-electron chi connectivity index (χ2n) is 5.47. The quantitative estimate of drug-likeness (QED) is 0.130. The van der Waals surface area contributed by atoms with Crippen LogP contribution in [0, 0.1) is 0 Å². The summed E-state index contributed by atoms with van der Waals surface area (Å²) >= 11 is 0. The largest absolute Gasteiger partial charge is 2.00 e. The molecule has 9 N–H and O–H groups in total. The number of carboxylic acids is 7. The molecule has 0 spiro atoms. The number of hydrogen-bond donors (Lipinski definition) is 9. The second kappa shape index (κ2) is 21.1. The number of hydrogen-bond acceptors (Lipinski definition) is 9. The Morgan fingerprint density at radius 1 is 0.515 bits per heavy atom. The van der Waals surface area contributed by atoms with Crippen molar-refractivity contribution >= 4 is 111 Å². The van der Waals surface area contributed by atoms with Crippen LogP contribution in [0.5, 0.6) is 0 Å². The van der Waals surface area contributed by atoms with Crippen molar-refractivity contribution in [3.8, 4) is 0 Å². The van der Waals surface area contributed by atoms with Gasteiger partial charge in [0, 0.05) is 6.92 Å². The molecular formula is C14H26Mg3O16. The van der Waals surface area contributed by atoms with Crippen LogP contribution < -0.4 is 0 Å². The Morgan fingerprint density at radius 3 is 0.697 bits per heavy atom. The van der Waals surface area contributed by atoms with Gasteiger partial charge in [0.05, 0.1) is 25.7 Å². The molecule has 0 saturated heterocycles. The molecular weight excluding hydrogens is 497 g/mol. The predicted molar refractivity (Wildman–Crippen MR) is 111 cm³/mol. The smallest absolute Gasteiger partial charge is 1.00 e. The van der Waals surface area contributed by atoms with E-state index in [4.69, 9.17) is 50.8 Å². The van der Waals surface area contributed by atoms with Gasteiger partial charge in [0.2, 0.25) is 0 Å². The van der Waals surface area contributed by atoms with E-state index in [9.17, 15) is 28.8 Å². The average Bonchev–Trinajstić information content (AvgIpc) is 2.43. The normalized spacial score (nSPS) is 9.30. The van der Waals surface area contributed by atoms with E-state index in [0.29, 0.717) is 0 Å². The zero-order valence-electron chi connectivity index (χ0n) is 23.3. The number of carboxylic acid groups (broad SMARTS) is 7. The van der Waals surface area contributed by atoms with E-state index in [1.165, 1.54) is 0 Å². The standard InChI is InChI=1S/2C6H8O7.C2H4O2.3Mg.6H/c2*7-3(8)1-6(13,5(11)12)2-4(9)10;1-2(3)4;;;;;;;;;/h2*13H,1-2H2,(H,7,8)(H,9,10)(H,11,12);1H3,(H,3,4);;;;;;;;;/q;;;3*+2;6*-1. The Hall–Kier alpha value is -1.49. The van der Waals surface area contributed by atoms with Crippen LogP contribution in [0.15, 0.2) is 0 Å². The number of carbonyl (C=O) groups is 7. The first-order valence-corrected chi connectivity index (χ1v) is 7.27. The Balaban J connectivity index is -0.0000000272. The SMILES string of the molecule is CC(=O)O.O=C(O)CC(O)(CC(=O)O)C(=O)O.O=C(O)CC(O)(CC(=O)O)C(=O)O.[H-].[H-].[H-].[H-].[H-].[H-].[Mg+2].[Mg+2].[Mg+2]. The first-order chi connectivity index (χ1) is 13.3. The molecule has 0 aliphatic heterocycles. The monoisotopic (exact) mass is 522 g/mol. The van der Waals surface area contributed by atoms with E-state index in [0.717, 1.165) is 6.92 Å². The van der Waals surface area contributed by atoms with Crippen molar-refractivity contribution in [3.05, 3.63) is 0 Å². The van der Waals surface area contributed by atoms with Crippen LogP contribution in [0.2, 0.25) is 0 Å². The van der Waals surface area contributed by atoms with Crippen LogP contribution in [0.25, 0.3) is 0 Å². The summed E-state index contributed by atoms with van der Waals surface area (Å²) in [5.41, 5.74) is -5.48. The fraction of sp³-hybridized carbons (Fsp3) is 0.500. The molecule has 0 rings (SSSR count). The van der Waals surface area contributed by atoms with Crippen LogP contribution >= 0.6 is 0 Å². The molecule has 0 aliphatic rings. The molecule has 33 heavy (non-hydrogen) atoms. The van der Waals surface area contributed by atoms with Crippen LogP contribution in [0.4, 0.5) is 0 Å². The molecule has 0 amide bonds. The molecule has 0 bridgehead atoms. The summed E-state index contributed by atoms with van der Waals surface area (Å²) in [6, 6.07) is 0. The molecule has 184 valence electrons. The third-order valence-corrected chi connectivity index (χ3v) is 2.57. The van der Waals surface area contributed by atoms with Gasteiger partial charge in [-0.25, -0.2) is 9.59 Å². The summed E-state index contributed by atoms with van der Waals surface area (Å²) in [5.74, 6) is -10.9. The molecule has 0 aliphatic carbocycles. The summed E-state index contributed by atoms with van der Waals surface area (Å²) < 4.78 is 0. The zero-order valence-corrected chi connectivity index (χ0v) is 21.6. The minimum absolute atomic E-state index is 0. The third-order valence-electron chi connectivity index (χ3n) is 2.57. The Morgan fingerprint density at radius 2 is 0.636 bits per heavy atom. The van der Waals surface area contributed by atoms with E-state index in [2.05, 4.69) is 0 Å². The van der Waals surface area contributed by atoms with Gasteiger partial charge in [-0.1, -0.05) is 0 Å². The van der Waals surface area contributed by atoms with Crippen molar-refractivity contribution in [1.29, 1.82) is 0 Å². The summed E-state index contributed by atoms with van der Waals surface area (Å²) in [7, 11) is 0. The molecule has 0 aromatic carbocycles. The molecule has 0 saturated carbocycles. The molecule has 0 heterocycles. The van der Waals surface area contributed by atoms with Crippen LogP contribution in [-0.4, -0.2) is 168 Å². The van der Waals surface area contributed by atoms with Crippen LogP contribution in [0.3, 0.4) is 0 Å². The van der Waals surface area contributed by atoms with Gasteiger partial charge >= 0.3 is 105 Å². The minimum Gasteiger partial charge on any atom is -1.00 e. The van der Waals surface area contributed by atoms with Gasteiger partial charge in [-0.05, 0) is 0 Å². The molecule has 16 nitrogen and oxygen atoms in total. The number of aliphatic hydroxyl groups is 2. The number of aliphatic carboxylic acids is 7. The van der Waals surface area contributed by atoms with E-state index in [1.54, 1.807) is 0 Å². The van der Waals surface area contributed by atoms with E-state index in [-0.39, 0.29) is 77.7 Å². The third kappa shape index (κ3) is 26.6. The molecule has 19 heteroatoms. The van der Waals surface area contributed by atoms with E-state index >= 15 is 0 Å². The topological polar surface area (TPSA) is 302 Å². The molecule has 0 atom stereocenters. The fourth-order valence-corrected chi connectivity index (χ4v) is 1.43. The average molecular weight is 523 g/mol.